The lowest BCUT2D eigenvalue weighted by Gasteiger charge is -2.32. The van der Waals surface area contributed by atoms with Crippen molar-refractivity contribution in [1.29, 1.82) is 0 Å². The first kappa shape index (κ1) is 19.0. The summed E-state index contributed by atoms with van der Waals surface area (Å²) in [5.74, 6) is 0.834. The monoisotopic (exact) mass is 330 g/mol. The van der Waals surface area contributed by atoms with Crippen molar-refractivity contribution in [3.63, 3.8) is 0 Å². The van der Waals surface area contributed by atoms with Crippen LogP contribution in [0.15, 0.2) is 24.3 Å². The zero-order valence-electron chi connectivity index (χ0n) is 15.7. The number of unbranched alkanes of at least 4 members (excludes halogenated alkanes) is 1. The molecule has 1 amide bonds. The summed E-state index contributed by atoms with van der Waals surface area (Å²) in [5.41, 5.74) is 2.47. The van der Waals surface area contributed by atoms with Crippen LogP contribution in [0.25, 0.3) is 0 Å². The van der Waals surface area contributed by atoms with E-state index in [4.69, 9.17) is 0 Å². The van der Waals surface area contributed by atoms with Crippen molar-refractivity contribution in [3.8, 4) is 0 Å². The molecule has 0 spiro atoms. The third-order valence-electron chi connectivity index (χ3n) is 4.81. The van der Waals surface area contributed by atoms with E-state index < -0.39 is 0 Å². The van der Waals surface area contributed by atoms with Gasteiger partial charge in [0.2, 0.25) is 5.91 Å². The average Bonchev–Trinajstić information content (AvgIpc) is 2.55. The minimum atomic E-state index is 0.165. The molecule has 0 aliphatic carbocycles. The van der Waals surface area contributed by atoms with Gasteiger partial charge in [0.05, 0.1) is 6.42 Å². The second-order valence-corrected chi connectivity index (χ2v) is 7.63. The normalized spacial score (nSPS) is 16.5. The Morgan fingerprint density at radius 3 is 2.38 bits per heavy atom. The highest BCUT2D eigenvalue weighted by molar-refractivity contribution is 5.78. The van der Waals surface area contributed by atoms with Gasteiger partial charge in [-0.1, -0.05) is 51.5 Å². The Labute approximate surface area is 147 Å². The number of piperidine rings is 1. The molecule has 1 aromatic rings. The zero-order valence-corrected chi connectivity index (χ0v) is 15.7. The van der Waals surface area contributed by atoms with Crippen molar-refractivity contribution >= 4 is 5.91 Å². The largest absolute Gasteiger partial charge is 0.353 e. The number of nitrogens with zero attached hydrogens (tertiary/aromatic N) is 1. The van der Waals surface area contributed by atoms with Gasteiger partial charge >= 0.3 is 0 Å². The Morgan fingerprint density at radius 2 is 1.79 bits per heavy atom. The zero-order chi connectivity index (χ0) is 17.4. The summed E-state index contributed by atoms with van der Waals surface area (Å²) in [6.07, 6.45) is 6.31. The molecule has 0 saturated carbocycles. The van der Waals surface area contributed by atoms with E-state index in [-0.39, 0.29) is 5.91 Å². The highest BCUT2D eigenvalue weighted by Gasteiger charge is 2.20. The van der Waals surface area contributed by atoms with Crippen LogP contribution in [-0.2, 0) is 17.6 Å². The molecule has 2 rings (SSSR count). The molecule has 0 unspecified atom stereocenters. The molecule has 0 atom stereocenters. The molecule has 0 bridgehead atoms. The summed E-state index contributed by atoms with van der Waals surface area (Å²) in [5, 5.41) is 3.23. The van der Waals surface area contributed by atoms with Gasteiger partial charge in [-0.05, 0) is 49.3 Å². The maximum Gasteiger partial charge on any atom is 0.224 e. The van der Waals surface area contributed by atoms with Gasteiger partial charge in [-0.25, -0.2) is 0 Å². The number of carbonyl (C=O) groups excluding carboxylic acids is 1. The van der Waals surface area contributed by atoms with Crippen LogP contribution in [0, 0.1) is 5.92 Å². The Balaban J connectivity index is 1.71. The lowest BCUT2D eigenvalue weighted by atomic mass is 10.0. The second-order valence-electron chi connectivity index (χ2n) is 7.63. The predicted octanol–water partition coefficient (Wildman–Crippen LogP) is 3.81. The van der Waals surface area contributed by atoms with Crippen LogP contribution < -0.4 is 5.32 Å². The number of amides is 1. The number of benzene rings is 1. The van der Waals surface area contributed by atoms with Gasteiger partial charge in [0.25, 0.3) is 0 Å². The van der Waals surface area contributed by atoms with Crippen LogP contribution in [0.2, 0.25) is 0 Å². The number of carbonyl (C=O) groups is 1. The molecule has 24 heavy (non-hydrogen) atoms. The van der Waals surface area contributed by atoms with E-state index in [0.29, 0.717) is 18.4 Å². The molecular weight excluding hydrogens is 296 g/mol. The van der Waals surface area contributed by atoms with Crippen molar-refractivity contribution in [1.82, 2.24) is 10.2 Å². The van der Waals surface area contributed by atoms with Crippen LogP contribution >= 0.6 is 0 Å². The molecule has 0 radical (unpaired) electrons. The molecule has 1 saturated heterocycles. The van der Waals surface area contributed by atoms with Crippen LogP contribution in [-0.4, -0.2) is 36.5 Å². The standard InChI is InChI=1S/C21H34N2O/c1-4-5-12-23-13-10-20(11-14-23)22-21(24)16-19-8-6-18(7-9-19)15-17(2)3/h6-9,17,20H,4-5,10-16H2,1-3H3,(H,22,24). The van der Waals surface area contributed by atoms with E-state index in [1.165, 1.54) is 24.9 Å². The molecular formula is C21H34N2O. The highest BCUT2D eigenvalue weighted by Crippen LogP contribution is 2.13. The molecule has 1 aliphatic heterocycles. The topological polar surface area (TPSA) is 32.3 Å². The van der Waals surface area contributed by atoms with Gasteiger partial charge in [0.1, 0.15) is 0 Å². The number of nitrogens with one attached hydrogen (secondary N) is 1. The third kappa shape index (κ3) is 6.64. The number of hydrogen-bond donors (Lipinski definition) is 1. The SMILES string of the molecule is CCCCN1CCC(NC(=O)Cc2ccc(CC(C)C)cc2)CC1. The summed E-state index contributed by atoms with van der Waals surface area (Å²) in [7, 11) is 0. The van der Waals surface area contributed by atoms with E-state index in [9.17, 15) is 4.79 Å². The minimum absolute atomic E-state index is 0.165. The molecule has 134 valence electrons. The molecule has 3 nitrogen and oxygen atoms in total. The van der Waals surface area contributed by atoms with E-state index >= 15 is 0 Å². The minimum Gasteiger partial charge on any atom is -0.353 e. The maximum absolute atomic E-state index is 12.3. The Bertz CT molecular complexity index is 487. The smallest absolute Gasteiger partial charge is 0.224 e. The van der Waals surface area contributed by atoms with Crippen LogP contribution in [0.4, 0.5) is 0 Å². The third-order valence-corrected chi connectivity index (χ3v) is 4.81. The van der Waals surface area contributed by atoms with Crippen molar-refractivity contribution in [3.05, 3.63) is 35.4 Å². The molecule has 1 fully saturated rings. The van der Waals surface area contributed by atoms with Gasteiger partial charge in [0, 0.05) is 19.1 Å². The van der Waals surface area contributed by atoms with Crippen molar-refractivity contribution in [2.75, 3.05) is 19.6 Å². The van der Waals surface area contributed by atoms with E-state index in [1.54, 1.807) is 0 Å². The Kier molecular flexibility index (Phi) is 7.77. The Morgan fingerprint density at radius 1 is 1.17 bits per heavy atom. The first-order chi connectivity index (χ1) is 11.6. The molecule has 3 heteroatoms. The van der Waals surface area contributed by atoms with Crippen molar-refractivity contribution in [2.24, 2.45) is 5.92 Å². The summed E-state index contributed by atoms with van der Waals surface area (Å²) in [6, 6.07) is 8.88. The predicted molar refractivity (Wildman–Crippen MR) is 101 cm³/mol. The van der Waals surface area contributed by atoms with Crippen LogP contribution in [0.1, 0.15) is 57.6 Å². The van der Waals surface area contributed by atoms with Crippen LogP contribution in [0.3, 0.4) is 0 Å². The average molecular weight is 331 g/mol. The van der Waals surface area contributed by atoms with Gasteiger partial charge in [-0.3, -0.25) is 4.79 Å². The number of likely N-dealkylation sites (tertiary alicyclic amines) is 1. The number of hydrogen-bond acceptors (Lipinski definition) is 2. The van der Waals surface area contributed by atoms with E-state index in [2.05, 4.69) is 55.3 Å². The first-order valence-corrected chi connectivity index (χ1v) is 9.66. The lowest BCUT2D eigenvalue weighted by molar-refractivity contribution is -0.121. The first-order valence-electron chi connectivity index (χ1n) is 9.66. The van der Waals surface area contributed by atoms with Gasteiger partial charge < -0.3 is 10.2 Å². The fourth-order valence-electron chi connectivity index (χ4n) is 3.41. The summed E-state index contributed by atoms with van der Waals surface area (Å²) >= 11 is 0. The molecule has 0 aromatic heterocycles. The summed E-state index contributed by atoms with van der Waals surface area (Å²) in [4.78, 5) is 14.8. The summed E-state index contributed by atoms with van der Waals surface area (Å²) < 4.78 is 0. The van der Waals surface area contributed by atoms with Gasteiger partial charge in [-0.2, -0.15) is 0 Å². The highest BCUT2D eigenvalue weighted by atomic mass is 16.1. The summed E-state index contributed by atoms with van der Waals surface area (Å²) in [6.45, 7) is 10.1. The van der Waals surface area contributed by atoms with Crippen molar-refractivity contribution < 1.29 is 4.79 Å². The second kappa shape index (κ2) is 9.83. The molecule has 1 aromatic carbocycles. The number of rotatable bonds is 8. The molecule has 1 aliphatic rings. The van der Waals surface area contributed by atoms with E-state index in [0.717, 1.165) is 37.9 Å². The molecule has 1 N–H and O–H groups in total. The van der Waals surface area contributed by atoms with E-state index in [1.807, 2.05) is 0 Å². The van der Waals surface area contributed by atoms with Crippen LogP contribution in [0.5, 0.6) is 0 Å². The maximum atomic E-state index is 12.3. The van der Waals surface area contributed by atoms with Gasteiger partial charge in [-0.15, -0.1) is 0 Å². The van der Waals surface area contributed by atoms with Crippen molar-refractivity contribution in [2.45, 2.75) is 65.3 Å². The Hall–Kier alpha value is -1.35. The van der Waals surface area contributed by atoms with Gasteiger partial charge in [0.15, 0.2) is 0 Å². The fraction of sp³-hybridized carbons (Fsp3) is 0.667. The lowest BCUT2D eigenvalue weighted by Crippen LogP contribution is -2.45. The quantitative estimate of drug-likeness (QED) is 0.786. The fourth-order valence-corrected chi connectivity index (χ4v) is 3.41. The molecule has 1 heterocycles.